The summed E-state index contributed by atoms with van der Waals surface area (Å²) in [5.74, 6) is 0. The van der Waals surface area contributed by atoms with Crippen molar-refractivity contribution in [3.63, 3.8) is 0 Å². The highest BCUT2D eigenvalue weighted by Gasteiger charge is 2.08. The van der Waals surface area contributed by atoms with E-state index in [4.69, 9.17) is 11.6 Å². The second kappa shape index (κ2) is 4.09. The van der Waals surface area contributed by atoms with Crippen molar-refractivity contribution in [3.8, 4) is 10.4 Å². The van der Waals surface area contributed by atoms with Gasteiger partial charge in [0, 0.05) is 10.3 Å². The Morgan fingerprint density at radius 2 is 2.06 bits per heavy atom. The van der Waals surface area contributed by atoms with E-state index < -0.39 is 0 Å². The number of hydrogen-bond acceptors (Lipinski definition) is 3. The van der Waals surface area contributed by atoms with Gasteiger partial charge in [-0.15, -0.1) is 11.3 Å². The van der Waals surface area contributed by atoms with Crippen LogP contribution in [0.1, 0.15) is 5.56 Å². The van der Waals surface area contributed by atoms with Crippen LogP contribution in [0.5, 0.6) is 0 Å². The van der Waals surface area contributed by atoms with Crippen molar-refractivity contribution in [3.05, 3.63) is 47.4 Å². The number of benzene rings is 1. The standard InChI is InChI=1S/C13H9ClN2S/c1-8-3-2-4-9(5-8)11-6-10-12(14)15-7-16-13(10)17-11/h2-7H,1H3. The normalized spacial score (nSPS) is 10.9. The van der Waals surface area contributed by atoms with Crippen molar-refractivity contribution >= 4 is 33.2 Å². The van der Waals surface area contributed by atoms with Crippen LogP contribution in [0.4, 0.5) is 0 Å². The fourth-order valence-electron chi connectivity index (χ4n) is 1.77. The van der Waals surface area contributed by atoms with Gasteiger partial charge in [-0.1, -0.05) is 41.4 Å². The van der Waals surface area contributed by atoms with Crippen LogP contribution < -0.4 is 0 Å². The fourth-order valence-corrected chi connectivity index (χ4v) is 3.01. The largest absolute Gasteiger partial charge is 0.225 e. The predicted octanol–water partition coefficient (Wildman–Crippen LogP) is 4.32. The van der Waals surface area contributed by atoms with Crippen LogP contribution in [0.15, 0.2) is 36.7 Å². The molecule has 0 N–H and O–H groups in total. The van der Waals surface area contributed by atoms with Gasteiger partial charge in [-0.3, -0.25) is 0 Å². The fraction of sp³-hybridized carbons (Fsp3) is 0.0769. The topological polar surface area (TPSA) is 25.8 Å². The van der Waals surface area contributed by atoms with Crippen molar-refractivity contribution in [1.29, 1.82) is 0 Å². The summed E-state index contributed by atoms with van der Waals surface area (Å²) < 4.78 is 0. The first-order valence-electron chi connectivity index (χ1n) is 5.21. The summed E-state index contributed by atoms with van der Waals surface area (Å²) in [5.41, 5.74) is 2.45. The van der Waals surface area contributed by atoms with Crippen molar-refractivity contribution in [2.45, 2.75) is 6.92 Å². The molecule has 4 heteroatoms. The highest BCUT2D eigenvalue weighted by Crippen LogP contribution is 2.34. The molecule has 0 amide bonds. The summed E-state index contributed by atoms with van der Waals surface area (Å²) in [4.78, 5) is 10.3. The van der Waals surface area contributed by atoms with Gasteiger partial charge in [-0.25, -0.2) is 9.97 Å². The molecule has 2 heterocycles. The summed E-state index contributed by atoms with van der Waals surface area (Å²) in [6, 6.07) is 10.5. The average Bonchev–Trinajstić information content (AvgIpc) is 2.74. The molecule has 0 atom stereocenters. The van der Waals surface area contributed by atoms with E-state index in [0.29, 0.717) is 5.15 Å². The van der Waals surface area contributed by atoms with Gasteiger partial charge in [0.05, 0.1) is 0 Å². The first-order chi connectivity index (χ1) is 8.24. The van der Waals surface area contributed by atoms with E-state index in [1.807, 2.05) is 0 Å². The molecule has 0 radical (unpaired) electrons. The van der Waals surface area contributed by atoms with Gasteiger partial charge < -0.3 is 0 Å². The number of nitrogens with zero attached hydrogens (tertiary/aromatic N) is 2. The number of hydrogen-bond donors (Lipinski definition) is 0. The number of aromatic nitrogens is 2. The van der Waals surface area contributed by atoms with Gasteiger partial charge in [0.15, 0.2) is 0 Å². The van der Waals surface area contributed by atoms with E-state index >= 15 is 0 Å². The molecule has 0 bridgehead atoms. The molecule has 0 aliphatic carbocycles. The van der Waals surface area contributed by atoms with Gasteiger partial charge in [-0.2, -0.15) is 0 Å². The van der Waals surface area contributed by atoms with Crippen LogP contribution in [-0.4, -0.2) is 9.97 Å². The first-order valence-corrected chi connectivity index (χ1v) is 6.40. The molecule has 0 saturated heterocycles. The van der Waals surface area contributed by atoms with E-state index in [1.165, 1.54) is 22.3 Å². The van der Waals surface area contributed by atoms with E-state index in [0.717, 1.165) is 10.2 Å². The zero-order valence-electron chi connectivity index (χ0n) is 9.14. The van der Waals surface area contributed by atoms with Crippen LogP contribution in [0.3, 0.4) is 0 Å². The van der Waals surface area contributed by atoms with E-state index in [-0.39, 0.29) is 0 Å². The monoisotopic (exact) mass is 260 g/mol. The second-order valence-electron chi connectivity index (χ2n) is 3.86. The summed E-state index contributed by atoms with van der Waals surface area (Å²) in [5, 5.41) is 1.45. The molecule has 3 rings (SSSR count). The molecule has 0 unspecified atom stereocenters. The Hall–Kier alpha value is -1.45. The second-order valence-corrected chi connectivity index (χ2v) is 5.25. The zero-order valence-corrected chi connectivity index (χ0v) is 10.7. The third kappa shape index (κ3) is 1.92. The molecule has 0 saturated carbocycles. The average molecular weight is 261 g/mol. The highest BCUT2D eigenvalue weighted by molar-refractivity contribution is 7.21. The molecular weight excluding hydrogens is 252 g/mol. The van der Waals surface area contributed by atoms with E-state index in [1.54, 1.807) is 11.3 Å². The molecule has 0 aliphatic rings. The van der Waals surface area contributed by atoms with Gasteiger partial charge in [0.1, 0.15) is 16.3 Å². The molecule has 0 spiro atoms. The van der Waals surface area contributed by atoms with Crippen molar-refractivity contribution in [2.75, 3.05) is 0 Å². The van der Waals surface area contributed by atoms with Crippen LogP contribution >= 0.6 is 22.9 Å². The van der Waals surface area contributed by atoms with Crippen LogP contribution in [0.2, 0.25) is 5.15 Å². The maximum Gasteiger partial charge on any atom is 0.141 e. The first kappa shape index (κ1) is 10.7. The minimum absolute atomic E-state index is 0.519. The zero-order chi connectivity index (χ0) is 11.8. The van der Waals surface area contributed by atoms with Crippen molar-refractivity contribution in [1.82, 2.24) is 9.97 Å². The maximum atomic E-state index is 6.04. The van der Waals surface area contributed by atoms with Gasteiger partial charge >= 0.3 is 0 Å². The molecule has 1 aromatic carbocycles. The lowest BCUT2D eigenvalue weighted by Crippen LogP contribution is -1.76. The number of aryl methyl sites for hydroxylation is 1. The minimum atomic E-state index is 0.519. The number of rotatable bonds is 1. The van der Waals surface area contributed by atoms with E-state index in [9.17, 15) is 0 Å². The maximum absolute atomic E-state index is 6.04. The van der Waals surface area contributed by atoms with Crippen molar-refractivity contribution in [2.24, 2.45) is 0 Å². The Kier molecular flexibility index (Phi) is 2.57. The van der Waals surface area contributed by atoms with Crippen molar-refractivity contribution < 1.29 is 0 Å². The molecule has 0 fully saturated rings. The molecule has 2 nitrogen and oxygen atoms in total. The number of halogens is 1. The smallest absolute Gasteiger partial charge is 0.141 e. The molecule has 0 aliphatic heterocycles. The number of thiophene rings is 1. The molecule has 84 valence electrons. The summed E-state index contributed by atoms with van der Waals surface area (Å²) in [7, 11) is 0. The molecule has 2 aromatic heterocycles. The van der Waals surface area contributed by atoms with E-state index in [2.05, 4.69) is 47.2 Å². The summed E-state index contributed by atoms with van der Waals surface area (Å²) >= 11 is 7.68. The lowest BCUT2D eigenvalue weighted by molar-refractivity contribution is 1.23. The minimum Gasteiger partial charge on any atom is -0.225 e. The third-order valence-corrected chi connectivity index (χ3v) is 3.98. The van der Waals surface area contributed by atoms with Gasteiger partial charge in [0.25, 0.3) is 0 Å². The third-order valence-electron chi connectivity index (χ3n) is 2.58. The summed E-state index contributed by atoms with van der Waals surface area (Å²) in [6.07, 6.45) is 1.50. The Bertz CT molecular complexity index is 691. The lowest BCUT2D eigenvalue weighted by atomic mass is 10.1. The highest BCUT2D eigenvalue weighted by atomic mass is 35.5. The van der Waals surface area contributed by atoms with Gasteiger partial charge in [0.2, 0.25) is 0 Å². The lowest BCUT2D eigenvalue weighted by Gasteiger charge is -1.97. The SMILES string of the molecule is Cc1cccc(-c2cc3c(Cl)ncnc3s2)c1. The Morgan fingerprint density at radius 3 is 2.82 bits per heavy atom. The molecule has 17 heavy (non-hydrogen) atoms. The molecule has 3 aromatic rings. The predicted molar refractivity (Wildman–Crippen MR) is 72.6 cm³/mol. The Labute approximate surface area is 108 Å². The Morgan fingerprint density at radius 1 is 1.18 bits per heavy atom. The molecular formula is C13H9ClN2S. The van der Waals surface area contributed by atoms with Crippen LogP contribution in [-0.2, 0) is 0 Å². The summed E-state index contributed by atoms with van der Waals surface area (Å²) in [6.45, 7) is 2.09. The van der Waals surface area contributed by atoms with Gasteiger partial charge in [-0.05, 0) is 18.6 Å². The van der Waals surface area contributed by atoms with Crippen LogP contribution in [0, 0.1) is 6.92 Å². The number of fused-ring (bicyclic) bond motifs is 1. The van der Waals surface area contributed by atoms with Crippen LogP contribution in [0.25, 0.3) is 20.7 Å². The quantitative estimate of drug-likeness (QED) is 0.609. The Balaban J connectivity index is 2.22.